The second-order valence-electron chi connectivity index (χ2n) is 7.64. The number of amides is 1. The molecule has 2 N–H and O–H groups in total. The number of carboxylic acid groups (broad SMARTS) is 1. The molecule has 1 aromatic heterocycles. The minimum absolute atomic E-state index is 0.190. The molecule has 0 spiro atoms. The Kier molecular flexibility index (Phi) is 6.91. The summed E-state index contributed by atoms with van der Waals surface area (Å²) >= 11 is 0. The third-order valence-electron chi connectivity index (χ3n) is 5.34. The molecule has 0 saturated carbocycles. The van der Waals surface area contributed by atoms with Gasteiger partial charge in [-0.25, -0.2) is 4.79 Å². The second-order valence-corrected chi connectivity index (χ2v) is 7.64. The zero-order valence-corrected chi connectivity index (χ0v) is 17.7. The van der Waals surface area contributed by atoms with E-state index in [1.54, 1.807) is 24.3 Å². The predicted octanol–water partition coefficient (Wildman–Crippen LogP) is 3.41. The molecule has 0 radical (unpaired) electrons. The second kappa shape index (κ2) is 10.2. The highest BCUT2D eigenvalue weighted by Crippen LogP contribution is 2.24. The summed E-state index contributed by atoms with van der Waals surface area (Å²) in [6.07, 6.45) is 2.52. The number of ether oxygens (including phenoxy) is 2. The van der Waals surface area contributed by atoms with Crippen LogP contribution in [0.25, 0.3) is 11.0 Å². The quantitative estimate of drug-likeness (QED) is 0.468. The van der Waals surface area contributed by atoms with Crippen LogP contribution in [-0.4, -0.2) is 61.3 Å². The summed E-state index contributed by atoms with van der Waals surface area (Å²) in [6, 6.07) is 13.3. The molecule has 1 saturated heterocycles. The Labute approximate surface area is 185 Å². The summed E-state index contributed by atoms with van der Waals surface area (Å²) in [5.41, 5.74) is 0.813. The van der Waals surface area contributed by atoms with Crippen molar-refractivity contribution < 1.29 is 28.6 Å². The van der Waals surface area contributed by atoms with Crippen molar-refractivity contribution in [2.24, 2.45) is 0 Å². The number of fused-ring (bicyclic) bond motifs is 1. The third-order valence-corrected chi connectivity index (χ3v) is 5.34. The number of nitrogens with zero attached hydrogens (tertiary/aromatic N) is 1. The van der Waals surface area contributed by atoms with Crippen LogP contribution in [0.3, 0.4) is 0 Å². The first-order valence-electron chi connectivity index (χ1n) is 10.7. The van der Waals surface area contributed by atoms with E-state index in [2.05, 4.69) is 10.2 Å². The molecule has 1 aliphatic rings. The number of hydrogen-bond acceptors (Lipinski definition) is 6. The van der Waals surface area contributed by atoms with Gasteiger partial charge in [-0.2, -0.15) is 0 Å². The van der Waals surface area contributed by atoms with Gasteiger partial charge in [0.05, 0.1) is 12.1 Å². The topological polar surface area (TPSA) is 101 Å². The molecule has 2 aromatic carbocycles. The van der Waals surface area contributed by atoms with Gasteiger partial charge in [-0.3, -0.25) is 9.69 Å². The zero-order valence-electron chi connectivity index (χ0n) is 17.7. The number of benzene rings is 2. The van der Waals surface area contributed by atoms with Crippen LogP contribution >= 0.6 is 0 Å². The molecular weight excluding hydrogens is 412 g/mol. The number of carbonyl (C=O) groups excluding carboxylic acids is 1. The summed E-state index contributed by atoms with van der Waals surface area (Å²) in [4.78, 5) is 25.6. The van der Waals surface area contributed by atoms with Gasteiger partial charge in [0, 0.05) is 11.9 Å². The zero-order chi connectivity index (χ0) is 22.3. The van der Waals surface area contributed by atoms with Crippen LogP contribution < -0.4 is 14.8 Å². The number of hydrogen-bond donors (Lipinski definition) is 2. The van der Waals surface area contributed by atoms with Crippen molar-refractivity contribution >= 4 is 22.8 Å². The molecule has 2 heterocycles. The van der Waals surface area contributed by atoms with Crippen molar-refractivity contribution in [3.05, 3.63) is 59.9 Å². The van der Waals surface area contributed by atoms with Gasteiger partial charge in [-0.15, -0.1) is 0 Å². The average molecular weight is 438 g/mol. The SMILES string of the molecule is O=C(O)c1ccc(OCCNC(=O)c2cc3cc(OCCN4CCCC4)ccc3o2)cc1. The Hall–Kier alpha value is -3.52. The van der Waals surface area contributed by atoms with Gasteiger partial charge < -0.3 is 24.3 Å². The molecule has 8 heteroatoms. The predicted molar refractivity (Wildman–Crippen MR) is 119 cm³/mol. The fourth-order valence-corrected chi connectivity index (χ4v) is 3.64. The molecular formula is C24H26N2O6. The van der Waals surface area contributed by atoms with Crippen LogP contribution in [0.4, 0.5) is 0 Å². The smallest absolute Gasteiger partial charge is 0.335 e. The molecule has 168 valence electrons. The third kappa shape index (κ3) is 5.59. The van der Waals surface area contributed by atoms with Crippen molar-refractivity contribution in [3.63, 3.8) is 0 Å². The molecule has 0 unspecified atom stereocenters. The fourth-order valence-electron chi connectivity index (χ4n) is 3.64. The molecule has 0 atom stereocenters. The van der Waals surface area contributed by atoms with Crippen LogP contribution in [0.2, 0.25) is 0 Å². The van der Waals surface area contributed by atoms with Crippen molar-refractivity contribution in [1.29, 1.82) is 0 Å². The van der Waals surface area contributed by atoms with Gasteiger partial charge >= 0.3 is 5.97 Å². The monoisotopic (exact) mass is 438 g/mol. The minimum Gasteiger partial charge on any atom is -0.492 e. The Morgan fingerprint density at radius 2 is 1.69 bits per heavy atom. The average Bonchev–Trinajstić information content (AvgIpc) is 3.46. The highest BCUT2D eigenvalue weighted by Gasteiger charge is 2.14. The molecule has 32 heavy (non-hydrogen) atoms. The van der Waals surface area contributed by atoms with Gasteiger partial charge in [0.15, 0.2) is 5.76 Å². The maximum Gasteiger partial charge on any atom is 0.335 e. The fraction of sp³-hybridized carbons (Fsp3) is 0.333. The first-order valence-corrected chi connectivity index (χ1v) is 10.7. The molecule has 3 aromatic rings. The van der Waals surface area contributed by atoms with Crippen LogP contribution in [0.1, 0.15) is 33.8 Å². The van der Waals surface area contributed by atoms with E-state index in [-0.39, 0.29) is 30.4 Å². The van der Waals surface area contributed by atoms with E-state index in [0.29, 0.717) is 17.9 Å². The van der Waals surface area contributed by atoms with Crippen molar-refractivity contribution in [2.45, 2.75) is 12.8 Å². The standard InChI is InChI=1S/C24H26N2O6/c27-23(25-9-13-30-19-5-3-17(4-6-19)24(28)29)22-16-18-15-20(7-8-21(18)32-22)31-14-12-26-10-1-2-11-26/h3-8,15-16H,1-2,9-14H2,(H,25,27)(H,28,29). The molecule has 0 bridgehead atoms. The largest absolute Gasteiger partial charge is 0.492 e. The maximum absolute atomic E-state index is 12.4. The lowest BCUT2D eigenvalue weighted by Gasteiger charge is -2.14. The summed E-state index contributed by atoms with van der Waals surface area (Å²) in [6.45, 7) is 4.36. The van der Waals surface area contributed by atoms with Crippen LogP contribution in [0.5, 0.6) is 11.5 Å². The van der Waals surface area contributed by atoms with Crippen molar-refractivity contribution in [3.8, 4) is 11.5 Å². The highest BCUT2D eigenvalue weighted by atomic mass is 16.5. The lowest BCUT2D eigenvalue weighted by atomic mass is 10.2. The number of carbonyl (C=O) groups is 2. The number of nitrogens with one attached hydrogen (secondary N) is 1. The summed E-state index contributed by atoms with van der Waals surface area (Å²) in [5.74, 6) is 0.190. The van der Waals surface area contributed by atoms with E-state index < -0.39 is 5.97 Å². The Morgan fingerprint density at radius 3 is 2.44 bits per heavy atom. The Morgan fingerprint density at radius 1 is 0.969 bits per heavy atom. The van der Waals surface area contributed by atoms with Gasteiger partial charge in [-0.05, 0) is 74.5 Å². The highest BCUT2D eigenvalue weighted by molar-refractivity contribution is 5.96. The van der Waals surface area contributed by atoms with E-state index in [1.807, 2.05) is 12.1 Å². The van der Waals surface area contributed by atoms with Crippen molar-refractivity contribution in [1.82, 2.24) is 10.2 Å². The summed E-state index contributed by atoms with van der Waals surface area (Å²) in [7, 11) is 0. The van der Waals surface area contributed by atoms with E-state index in [4.69, 9.17) is 19.0 Å². The first-order chi connectivity index (χ1) is 15.6. The van der Waals surface area contributed by atoms with Gasteiger partial charge in [0.1, 0.15) is 30.3 Å². The summed E-state index contributed by atoms with van der Waals surface area (Å²) in [5, 5.41) is 12.5. The van der Waals surface area contributed by atoms with Crippen LogP contribution in [0, 0.1) is 0 Å². The van der Waals surface area contributed by atoms with Gasteiger partial charge in [-0.1, -0.05) is 0 Å². The number of furan rings is 1. The minimum atomic E-state index is -0.990. The number of likely N-dealkylation sites (tertiary alicyclic amines) is 1. The first kappa shape index (κ1) is 21.7. The lowest BCUT2D eigenvalue weighted by molar-refractivity contribution is 0.0696. The van der Waals surface area contributed by atoms with Gasteiger partial charge in [0.2, 0.25) is 0 Å². The van der Waals surface area contributed by atoms with E-state index in [1.165, 1.54) is 25.0 Å². The Bertz CT molecular complexity index is 1070. The molecule has 1 aliphatic heterocycles. The number of rotatable bonds is 10. The van der Waals surface area contributed by atoms with Crippen LogP contribution in [0.15, 0.2) is 52.9 Å². The van der Waals surface area contributed by atoms with E-state index in [0.717, 1.165) is 30.8 Å². The molecule has 8 nitrogen and oxygen atoms in total. The molecule has 1 fully saturated rings. The number of carboxylic acids is 1. The van der Waals surface area contributed by atoms with E-state index in [9.17, 15) is 9.59 Å². The number of aromatic carboxylic acids is 1. The normalized spacial score (nSPS) is 13.9. The molecule has 4 rings (SSSR count). The maximum atomic E-state index is 12.4. The van der Waals surface area contributed by atoms with Gasteiger partial charge in [0.25, 0.3) is 5.91 Å². The lowest BCUT2D eigenvalue weighted by Crippen LogP contribution is -2.27. The van der Waals surface area contributed by atoms with Crippen LogP contribution in [-0.2, 0) is 0 Å². The Balaban J connectivity index is 1.24. The molecule has 0 aliphatic carbocycles. The molecule has 1 amide bonds. The van der Waals surface area contributed by atoms with E-state index >= 15 is 0 Å². The summed E-state index contributed by atoms with van der Waals surface area (Å²) < 4.78 is 17.0. The van der Waals surface area contributed by atoms with Crippen molar-refractivity contribution in [2.75, 3.05) is 39.4 Å².